The largest absolute Gasteiger partial charge is 0.498 e. The average Bonchev–Trinajstić information content (AvgIpc) is 3.11. The minimum absolute atomic E-state index is 0.0277. The molecular weight excluding hydrogens is 398 g/mol. The van der Waals surface area contributed by atoms with Gasteiger partial charge in [0.05, 0.1) is 24.5 Å². The number of methoxy groups -OCH3 is 1. The number of fused-ring (bicyclic) bond motifs is 1. The van der Waals surface area contributed by atoms with E-state index < -0.39 is 5.91 Å². The Morgan fingerprint density at radius 2 is 1.72 bits per heavy atom. The molecule has 4 aromatic rings. The number of benzene rings is 2. The molecule has 4 rings (SSSR count). The number of ether oxygens (including phenoxy) is 1. The lowest BCUT2D eigenvalue weighted by Gasteiger charge is -2.20. The summed E-state index contributed by atoms with van der Waals surface area (Å²) in [6.45, 7) is 1.93. The van der Waals surface area contributed by atoms with Gasteiger partial charge >= 0.3 is 0 Å². The highest BCUT2D eigenvalue weighted by molar-refractivity contribution is 6.61. The van der Waals surface area contributed by atoms with Crippen molar-refractivity contribution in [3.63, 3.8) is 0 Å². The van der Waals surface area contributed by atoms with Crippen LogP contribution < -0.4 is 31.9 Å². The maximum atomic E-state index is 12.9. The van der Waals surface area contributed by atoms with Crippen molar-refractivity contribution in [3.05, 3.63) is 42.0 Å². The summed E-state index contributed by atoms with van der Waals surface area (Å²) >= 11 is 0. The summed E-state index contributed by atoms with van der Waals surface area (Å²) in [6, 6.07) is 5.76. The third kappa shape index (κ3) is 3.57. The first-order chi connectivity index (χ1) is 15.2. The van der Waals surface area contributed by atoms with E-state index >= 15 is 0 Å². The number of aryl methyl sites for hydroxylation is 1. The Morgan fingerprint density at radius 3 is 2.31 bits per heavy atom. The van der Waals surface area contributed by atoms with E-state index in [4.69, 9.17) is 36.1 Å². The molecule has 0 unspecified atom stereocenters. The van der Waals surface area contributed by atoms with Crippen molar-refractivity contribution in [1.29, 1.82) is 0 Å². The van der Waals surface area contributed by atoms with Crippen molar-refractivity contribution in [1.82, 2.24) is 19.5 Å². The van der Waals surface area contributed by atoms with Gasteiger partial charge in [-0.1, -0.05) is 34.0 Å². The second kappa shape index (κ2) is 8.22. The van der Waals surface area contributed by atoms with Crippen molar-refractivity contribution in [2.75, 3.05) is 12.4 Å². The molecule has 2 aromatic heterocycles. The molecule has 0 spiro atoms. The zero-order valence-electron chi connectivity index (χ0n) is 17.8. The second-order valence-corrected chi connectivity index (χ2v) is 7.23. The van der Waals surface area contributed by atoms with Gasteiger partial charge in [-0.3, -0.25) is 10.1 Å². The highest BCUT2D eigenvalue weighted by Gasteiger charge is 2.19. The van der Waals surface area contributed by atoms with Gasteiger partial charge < -0.3 is 9.30 Å². The fourth-order valence-corrected chi connectivity index (χ4v) is 3.45. The van der Waals surface area contributed by atoms with E-state index in [9.17, 15) is 4.79 Å². The Morgan fingerprint density at radius 1 is 1.03 bits per heavy atom. The number of imidazole rings is 1. The third-order valence-electron chi connectivity index (χ3n) is 5.36. The highest BCUT2D eigenvalue weighted by atomic mass is 16.5. The van der Waals surface area contributed by atoms with Gasteiger partial charge in [-0.05, 0) is 13.0 Å². The molecule has 0 atom stereocenters. The number of rotatable bonds is 4. The van der Waals surface area contributed by atoms with Crippen LogP contribution in [-0.2, 0) is 7.05 Å². The predicted octanol–water partition coefficient (Wildman–Crippen LogP) is -1.23. The van der Waals surface area contributed by atoms with Crippen LogP contribution in [0.1, 0.15) is 16.2 Å². The number of hydrogen-bond donors (Lipinski definition) is 1. The summed E-state index contributed by atoms with van der Waals surface area (Å²) in [6.07, 6.45) is 3.41. The van der Waals surface area contributed by atoms with Gasteiger partial charge in [0.1, 0.15) is 43.0 Å². The Kier molecular flexibility index (Phi) is 5.59. The molecule has 148 valence electrons. The SMILES string of the molecule is [B]c1c([B])c(C(=O)Nc2ncc3ccc(-c4cnc(C)n4C)cc3n2)c([B])c([B])c1OC. The smallest absolute Gasteiger partial charge is 0.256 e. The number of anilines is 1. The first kappa shape index (κ1) is 21.7. The number of nitrogens with one attached hydrogen (secondary N) is 1. The van der Waals surface area contributed by atoms with Crippen LogP contribution in [0, 0.1) is 6.92 Å². The molecule has 0 saturated carbocycles. The Labute approximate surface area is 190 Å². The molecular formula is C21H15B4N5O2. The van der Waals surface area contributed by atoms with Crippen molar-refractivity contribution in [2.24, 2.45) is 7.05 Å². The summed E-state index contributed by atoms with van der Waals surface area (Å²) in [4.78, 5) is 25.9. The van der Waals surface area contributed by atoms with Crippen molar-refractivity contribution < 1.29 is 9.53 Å². The standard InChI is InChI=1S/C21H15B4N5O2/c1-9-26-8-13(30(9)2)10-4-5-11-7-27-21(28-12(11)6-10)29-20(31)14-15(22)17(24)19(32-3)18(25)16(14)23/h4-8H,1-3H3,(H,27,28,29,31). The Bertz CT molecular complexity index is 1360. The van der Waals surface area contributed by atoms with Crippen LogP contribution in [0.25, 0.3) is 22.2 Å². The fourth-order valence-electron chi connectivity index (χ4n) is 3.45. The monoisotopic (exact) mass is 413 g/mol. The van der Waals surface area contributed by atoms with Crippen molar-refractivity contribution in [2.45, 2.75) is 6.92 Å². The minimum Gasteiger partial charge on any atom is -0.498 e. The first-order valence-electron chi connectivity index (χ1n) is 9.59. The number of aromatic nitrogens is 4. The number of carbonyl (C=O) groups is 1. The lowest BCUT2D eigenvalue weighted by molar-refractivity contribution is 0.102. The fraction of sp³-hybridized carbons (Fsp3) is 0.143. The molecule has 7 nitrogen and oxygen atoms in total. The molecule has 2 heterocycles. The molecule has 11 heteroatoms. The van der Waals surface area contributed by atoms with Gasteiger partial charge in [-0.15, -0.1) is 0 Å². The normalized spacial score (nSPS) is 11.0. The topological polar surface area (TPSA) is 81.9 Å². The van der Waals surface area contributed by atoms with Gasteiger partial charge in [-0.2, -0.15) is 0 Å². The zero-order valence-corrected chi connectivity index (χ0v) is 17.8. The van der Waals surface area contributed by atoms with Crippen LogP contribution in [0.15, 0.2) is 30.6 Å². The first-order valence-corrected chi connectivity index (χ1v) is 9.59. The average molecular weight is 413 g/mol. The lowest BCUT2D eigenvalue weighted by atomic mass is 9.66. The van der Waals surface area contributed by atoms with Crippen LogP contribution in [-0.4, -0.2) is 63.9 Å². The van der Waals surface area contributed by atoms with Gasteiger partial charge in [0.25, 0.3) is 5.91 Å². The van der Waals surface area contributed by atoms with E-state index in [-0.39, 0.29) is 39.1 Å². The van der Waals surface area contributed by atoms with Gasteiger partial charge in [-0.25, -0.2) is 15.0 Å². The lowest BCUT2D eigenvalue weighted by Crippen LogP contribution is -2.48. The van der Waals surface area contributed by atoms with Crippen LogP contribution in [0.5, 0.6) is 5.75 Å². The van der Waals surface area contributed by atoms with E-state index in [0.717, 1.165) is 22.5 Å². The van der Waals surface area contributed by atoms with E-state index in [1.165, 1.54) is 7.11 Å². The maximum Gasteiger partial charge on any atom is 0.256 e. The third-order valence-corrected chi connectivity index (χ3v) is 5.36. The van der Waals surface area contributed by atoms with Crippen LogP contribution >= 0.6 is 0 Å². The van der Waals surface area contributed by atoms with E-state index in [1.54, 1.807) is 12.4 Å². The van der Waals surface area contributed by atoms with Gasteiger partial charge in [0, 0.05) is 29.8 Å². The summed E-state index contributed by atoms with van der Waals surface area (Å²) in [7, 11) is 27.3. The summed E-state index contributed by atoms with van der Waals surface area (Å²) in [5.74, 6) is 0.451. The Hall–Kier alpha value is -3.48. The Balaban J connectivity index is 1.71. The molecule has 0 aliphatic rings. The number of nitrogens with zero attached hydrogens (tertiary/aromatic N) is 4. The summed E-state index contributed by atoms with van der Waals surface area (Å²) < 4.78 is 7.10. The molecule has 1 amide bonds. The molecule has 0 aliphatic heterocycles. The summed E-state index contributed by atoms with van der Waals surface area (Å²) in [5.41, 5.74) is 2.42. The van der Waals surface area contributed by atoms with Crippen molar-refractivity contribution in [3.8, 4) is 17.0 Å². The summed E-state index contributed by atoms with van der Waals surface area (Å²) in [5, 5.41) is 3.42. The molecule has 2 aromatic carbocycles. The molecule has 0 bridgehead atoms. The van der Waals surface area contributed by atoms with Gasteiger partial charge in [0.2, 0.25) is 5.95 Å². The molecule has 32 heavy (non-hydrogen) atoms. The molecule has 1 N–H and O–H groups in total. The number of hydrogen-bond acceptors (Lipinski definition) is 5. The predicted molar refractivity (Wildman–Crippen MR) is 129 cm³/mol. The zero-order chi connectivity index (χ0) is 23.2. The molecule has 0 fully saturated rings. The van der Waals surface area contributed by atoms with E-state index in [1.807, 2.05) is 36.7 Å². The number of carbonyl (C=O) groups excluding carboxylic acids is 1. The van der Waals surface area contributed by atoms with Crippen LogP contribution in [0.2, 0.25) is 0 Å². The number of amides is 1. The minimum atomic E-state index is -0.640. The van der Waals surface area contributed by atoms with Crippen molar-refractivity contribution >= 4 is 76.0 Å². The van der Waals surface area contributed by atoms with Crippen LogP contribution in [0.4, 0.5) is 5.95 Å². The maximum absolute atomic E-state index is 12.9. The van der Waals surface area contributed by atoms with E-state index in [0.29, 0.717) is 5.52 Å². The molecule has 8 radical (unpaired) electrons. The highest BCUT2D eigenvalue weighted by Crippen LogP contribution is 2.24. The second-order valence-electron chi connectivity index (χ2n) is 7.23. The van der Waals surface area contributed by atoms with E-state index in [2.05, 4.69) is 20.3 Å². The molecule has 0 aliphatic carbocycles. The van der Waals surface area contributed by atoms with Crippen LogP contribution in [0.3, 0.4) is 0 Å². The molecule has 0 saturated heterocycles. The van der Waals surface area contributed by atoms with Gasteiger partial charge in [0.15, 0.2) is 0 Å². The quantitative estimate of drug-likeness (QED) is 0.425.